The molecule has 0 aliphatic heterocycles. The summed E-state index contributed by atoms with van der Waals surface area (Å²) in [7, 11) is 0. The SMILES string of the molecule is CCSCC(N)c1ccc(C)c(C)c1. The molecule has 14 heavy (non-hydrogen) atoms. The third-order valence-corrected chi connectivity index (χ3v) is 3.46. The van der Waals surface area contributed by atoms with Crippen LogP contribution in [0.25, 0.3) is 0 Å². The van der Waals surface area contributed by atoms with Crippen LogP contribution >= 0.6 is 11.8 Å². The van der Waals surface area contributed by atoms with Crippen molar-refractivity contribution in [2.45, 2.75) is 26.8 Å². The van der Waals surface area contributed by atoms with Crippen LogP contribution in [0.15, 0.2) is 18.2 Å². The van der Waals surface area contributed by atoms with Crippen molar-refractivity contribution in [1.29, 1.82) is 0 Å². The number of thioether (sulfide) groups is 1. The Morgan fingerprint density at radius 3 is 2.57 bits per heavy atom. The quantitative estimate of drug-likeness (QED) is 0.825. The minimum atomic E-state index is 0.180. The lowest BCUT2D eigenvalue weighted by molar-refractivity contribution is 0.829. The Labute approximate surface area is 91.1 Å². The van der Waals surface area contributed by atoms with E-state index in [9.17, 15) is 0 Å². The molecule has 0 spiro atoms. The Morgan fingerprint density at radius 1 is 1.29 bits per heavy atom. The number of benzene rings is 1. The fraction of sp³-hybridized carbons (Fsp3) is 0.500. The Morgan fingerprint density at radius 2 is 2.00 bits per heavy atom. The minimum Gasteiger partial charge on any atom is -0.323 e. The molecule has 0 heterocycles. The van der Waals surface area contributed by atoms with Gasteiger partial charge in [-0.3, -0.25) is 0 Å². The van der Waals surface area contributed by atoms with E-state index < -0.39 is 0 Å². The van der Waals surface area contributed by atoms with Crippen molar-refractivity contribution >= 4 is 11.8 Å². The molecule has 0 saturated heterocycles. The largest absolute Gasteiger partial charge is 0.323 e. The first-order valence-electron chi connectivity index (χ1n) is 5.05. The van der Waals surface area contributed by atoms with Crippen LogP contribution < -0.4 is 5.73 Å². The molecule has 1 unspecified atom stereocenters. The maximum Gasteiger partial charge on any atom is 0.0386 e. The van der Waals surface area contributed by atoms with Gasteiger partial charge in [0.1, 0.15) is 0 Å². The lowest BCUT2D eigenvalue weighted by atomic mass is 10.0. The van der Waals surface area contributed by atoms with Crippen LogP contribution in [0.4, 0.5) is 0 Å². The molecule has 78 valence electrons. The molecular formula is C12H19NS. The monoisotopic (exact) mass is 209 g/mol. The molecule has 0 fully saturated rings. The number of hydrogen-bond donors (Lipinski definition) is 1. The minimum absolute atomic E-state index is 0.180. The molecule has 1 rings (SSSR count). The van der Waals surface area contributed by atoms with Gasteiger partial charge < -0.3 is 5.73 Å². The first-order chi connectivity index (χ1) is 6.65. The van der Waals surface area contributed by atoms with Gasteiger partial charge in [0.2, 0.25) is 0 Å². The van der Waals surface area contributed by atoms with Crippen molar-refractivity contribution in [1.82, 2.24) is 0 Å². The van der Waals surface area contributed by atoms with Gasteiger partial charge in [0, 0.05) is 11.8 Å². The van der Waals surface area contributed by atoms with Crippen molar-refractivity contribution in [3.8, 4) is 0 Å². The summed E-state index contributed by atoms with van der Waals surface area (Å²) in [6, 6.07) is 6.68. The van der Waals surface area contributed by atoms with Crippen molar-refractivity contribution in [2.75, 3.05) is 11.5 Å². The molecule has 1 atom stereocenters. The third-order valence-electron chi connectivity index (χ3n) is 2.46. The van der Waals surface area contributed by atoms with Gasteiger partial charge in [0.05, 0.1) is 0 Å². The Bertz CT molecular complexity index is 296. The average Bonchev–Trinajstić information content (AvgIpc) is 2.18. The Kier molecular flexibility index (Phi) is 4.49. The Balaban J connectivity index is 2.70. The predicted molar refractivity (Wildman–Crippen MR) is 65.8 cm³/mol. The molecule has 0 bridgehead atoms. The smallest absolute Gasteiger partial charge is 0.0386 e. The average molecular weight is 209 g/mol. The Hall–Kier alpha value is -0.470. The molecular weight excluding hydrogens is 190 g/mol. The van der Waals surface area contributed by atoms with Crippen molar-refractivity contribution in [2.24, 2.45) is 5.73 Å². The van der Waals surface area contributed by atoms with E-state index in [-0.39, 0.29) is 6.04 Å². The second-order valence-electron chi connectivity index (χ2n) is 3.61. The molecule has 0 aromatic heterocycles. The van der Waals surface area contributed by atoms with Crippen LogP contribution in [-0.4, -0.2) is 11.5 Å². The summed E-state index contributed by atoms with van der Waals surface area (Å²) in [5, 5.41) is 0. The first-order valence-corrected chi connectivity index (χ1v) is 6.21. The number of aryl methyl sites for hydroxylation is 2. The molecule has 1 aromatic rings. The summed E-state index contributed by atoms with van der Waals surface area (Å²) < 4.78 is 0. The van der Waals surface area contributed by atoms with Gasteiger partial charge in [-0.05, 0) is 36.3 Å². The van der Waals surface area contributed by atoms with E-state index in [1.54, 1.807) is 0 Å². The van der Waals surface area contributed by atoms with Crippen LogP contribution in [0, 0.1) is 13.8 Å². The van der Waals surface area contributed by atoms with E-state index >= 15 is 0 Å². The van der Waals surface area contributed by atoms with E-state index in [1.807, 2.05) is 11.8 Å². The van der Waals surface area contributed by atoms with E-state index in [1.165, 1.54) is 16.7 Å². The summed E-state index contributed by atoms with van der Waals surface area (Å²) in [6.45, 7) is 6.43. The van der Waals surface area contributed by atoms with Crippen LogP contribution in [0.2, 0.25) is 0 Å². The molecule has 0 aliphatic carbocycles. The number of hydrogen-bond acceptors (Lipinski definition) is 2. The highest BCUT2D eigenvalue weighted by Gasteiger charge is 2.05. The highest BCUT2D eigenvalue weighted by molar-refractivity contribution is 7.99. The number of nitrogens with two attached hydrogens (primary N) is 1. The van der Waals surface area contributed by atoms with E-state index in [2.05, 4.69) is 39.0 Å². The topological polar surface area (TPSA) is 26.0 Å². The normalized spacial score (nSPS) is 12.9. The second kappa shape index (κ2) is 5.42. The second-order valence-corrected chi connectivity index (χ2v) is 4.93. The van der Waals surface area contributed by atoms with Crippen LogP contribution in [0.1, 0.15) is 29.7 Å². The molecule has 0 aliphatic rings. The molecule has 0 radical (unpaired) electrons. The van der Waals surface area contributed by atoms with Gasteiger partial charge in [-0.25, -0.2) is 0 Å². The van der Waals surface area contributed by atoms with Gasteiger partial charge in [-0.2, -0.15) is 11.8 Å². The standard InChI is InChI=1S/C12H19NS/c1-4-14-8-12(13)11-6-5-9(2)10(3)7-11/h5-7,12H,4,8,13H2,1-3H3. The van der Waals surface area contributed by atoms with Crippen LogP contribution in [0.3, 0.4) is 0 Å². The summed E-state index contributed by atoms with van der Waals surface area (Å²) >= 11 is 1.90. The zero-order valence-electron chi connectivity index (χ0n) is 9.21. The summed E-state index contributed by atoms with van der Waals surface area (Å²) in [5.74, 6) is 2.15. The van der Waals surface area contributed by atoms with Gasteiger partial charge >= 0.3 is 0 Å². The molecule has 0 saturated carbocycles. The van der Waals surface area contributed by atoms with Gasteiger partial charge in [-0.1, -0.05) is 25.1 Å². The van der Waals surface area contributed by atoms with Crippen molar-refractivity contribution in [3.05, 3.63) is 34.9 Å². The van der Waals surface area contributed by atoms with Gasteiger partial charge in [-0.15, -0.1) is 0 Å². The summed E-state index contributed by atoms with van der Waals surface area (Å²) in [4.78, 5) is 0. The van der Waals surface area contributed by atoms with Crippen LogP contribution in [0.5, 0.6) is 0 Å². The molecule has 1 nitrogen and oxygen atoms in total. The highest BCUT2D eigenvalue weighted by atomic mass is 32.2. The maximum atomic E-state index is 6.08. The third kappa shape index (κ3) is 3.03. The lowest BCUT2D eigenvalue weighted by Gasteiger charge is -2.12. The molecule has 1 aromatic carbocycles. The van der Waals surface area contributed by atoms with Gasteiger partial charge in [0.25, 0.3) is 0 Å². The summed E-state index contributed by atoms with van der Waals surface area (Å²) in [5.41, 5.74) is 10.0. The summed E-state index contributed by atoms with van der Waals surface area (Å²) in [6.07, 6.45) is 0. The fourth-order valence-electron chi connectivity index (χ4n) is 1.34. The van der Waals surface area contributed by atoms with Crippen molar-refractivity contribution in [3.63, 3.8) is 0 Å². The molecule has 2 N–H and O–H groups in total. The molecule has 2 heteroatoms. The van der Waals surface area contributed by atoms with E-state index in [0.717, 1.165) is 11.5 Å². The zero-order chi connectivity index (χ0) is 10.6. The van der Waals surface area contributed by atoms with Crippen LogP contribution in [-0.2, 0) is 0 Å². The predicted octanol–water partition coefficient (Wildman–Crippen LogP) is 3.06. The molecule has 0 amide bonds. The lowest BCUT2D eigenvalue weighted by Crippen LogP contribution is -2.13. The van der Waals surface area contributed by atoms with E-state index in [0.29, 0.717) is 0 Å². The highest BCUT2D eigenvalue weighted by Crippen LogP contribution is 2.18. The number of rotatable bonds is 4. The fourth-order valence-corrected chi connectivity index (χ4v) is 2.02. The van der Waals surface area contributed by atoms with Crippen molar-refractivity contribution < 1.29 is 0 Å². The zero-order valence-corrected chi connectivity index (χ0v) is 10.0. The first kappa shape index (κ1) is 11.6. The van der Waals surface area contributed by atoms with E-state index in [4.69, 9.17) is 5.73 Å². The van der Waals surface area contributed by atoms with Gasteiger partial charge in [0.15, 0.2) is 0 Å². The maximum absolute atomic E-state index is 6.08.